The molecule has 110 valence electrons. The molecule has 1 N–H and O–H groups in total. The molecule has 1 aliphatic heterocycles. The second kappa shape index (κ2) is 6.65. The third-order valence-electron chi connectivity index (χ3n) is 3.54. The summed E-state index contributed by atoms with van der Waals surface area (Å²) in [6, 6.07) is 1.26. The van der Waals surface area contributed by atoms with Crippen molar-refractivity contribution in [2.45, 2.75) is 13.8 Å². The summed E-state index contributed by atoms with van der Waals surface area (Å²) in [6.45, 7) is 8.73. The molecular formula is C14H21FN4O. The van der Waals surface area contributed by atoms with Gasteiger partial charge in [-0.25, -0.2) is 9.37 Å². The Bertz CT molecular complexity index is 472. The molecule has 1 aliphatic rings. The van der Waals surface area contributed by atoms with E-state index in [1.807, 2.05) is 6.92 Å². The van der Waals surface area contributed by atoms with E-state index in [2.05, 4.69) is 22.1 Å². The van der Waals surface area contributed by atoms with Crippen LogP contribution in [0.3, 0.4) is 0 Å². The molecule has 0 spiro atoms. The number of carbonyl (C=O) groups excluding carboxylic acids is 1. The predicted octanol–water partition coefficient (Wildman–Crippen LogP) is 1.43. The Hall–Kier alpha value is -1.69. The number of hydrogen-bond donors (Lipinski definition) is 1. The van der Waals surface area contributed by atoms with Crippen LogP contribution < -0.4 is 5.32 Å². The van der Waals surface area contributed by atoms with E-state index >= 15 is 0 Å². The van der Waals surface area contributed by atoms with Crippen LogP contribution in [-0.4, -0.2) is 60.0 Å². The molecule has 0 bridgehead atoms. The van der Waals surface area contributed by atoms with Crippen LogP contribution in [0.25, 0.3) is 0 Å². The second-order valence-corrected chi connectivity index (χ2v) is 4.81. The van der Waals surface area contributed by atoms with Gasteiger partial charge in [-0.3, -0.25) is 4.79 Å². The van der Waals surface area contributed by atoms with Crippen LogP contribution in [0.5, 0.6) is 0 Å². The molecule has 0 aliphatic carbocycles. The van der Waals surface area contributed by atoms with Crippen LogP contribution >= 0.6 is 0 Å². The minimum absolute atomic E-state index is 0.149. The molecule has 20 heavy (non-hydrogen) atoms. The van der Waals surface area contributed by atoms with Crippen LogP contribution in [-0.2, 0) is 0 Å². The van der Waals surface area contributed by atoms with E-state index in [9.17, 15) is 9.18 Å². The molecule has 1 amide bonds. The van der Waals surface area contributed by atoms with Crippen molar-refractivity contribution < 1.29 is 9.18 Å². The maximum absolute atomic E-state index is 13.4. The largest absolute Gasteiger partial charge is 0.370 e. The van der Waals surface area contributed by atoms with Crippen molar-refractivity contribution in [3.63, 3.8) is 0 Å². The molecule has 0 unspecified atom stereocenters. The Labute approximate surface area is 118 Å². The van der Waals surface area contributed by atoms with Gasteiger partial charge in [-0.2, -0.15) is 0 Å². The number of carbonyl (C=O) groups is 1. The zero-order valence-corrected chi connectivity index (χ0v) is 12.0. The minimum Gasteiger partial charge on any atom is -0.370 e. The van der Waals surface area contributed by atoms with Gasteiger partial charge in [-0.1, -0.05) is 6.92 Å². The smallest absolute Gasteiger partial charge is 0.257 e. The molecule has 2 rings (SSSR count). The molecule has 6 heteroatoms. The number of halogens is 1. The highest BCUT2D eigenvalue weighted by Gasteiger charge is 2.24. The van der Waals surface area contributed by atoms with Gasteiger partial charge in [-0.15, -0.1) is 0 Å². The zero-order valence-electron chi connectivity index (χ0n) is 12.0. The van der Waals surface area contributed by atoms with Crippen molar-refractivity contribution in [2.75, 3.05) is 44.6 Å². The zero-order chi connectivity index (χ0) is 14.5. The Morgan fingerprint density at radius 1 is 1.35 bits per heavy atom. The van der Waals surface area contributed by atoms with E-state index in [1.165, 1.54) is 6.07 Å². The summed E-state index contributed by atoms with van der Waals surface area (Å²) < 4.78 is 13.4. The lowest BCUT2D eigenvalue weighted by Crippen LogP contribution is -2.48. The highest BCUT2D eigenvalue weighted by molar-refractivity contribution is 5.98. The minimum atomic E-state index is -0.484. The van der Waals surface area contributed by atoms with Gasteiger partial charge in [-0.05, 0) is 19.5 Å². The van der Waals surface area contributed by atoms with Crippen molar-refractivity contribution in [2.24, 2.45) is 0 Å². The fraction of sp³-hybridized carbons (Fsp3) is 0.571. The van der Waals surface area contributed by atoms with Crippen molar-refractivity contribution in [1.29, 1.82) is 0 Å². The number of pyridine rings is 1. The van der Waals surface area contributed by atoms with Gasteiger partial charge in [0, 0.05) is 32.7 Å². The highest BCUT2D eigenvalue weighted by atomic mass is 19.1. The fourth-order valence-electron chi connectivity index (χ4n) is 2.35. The van der Waals surface area contributed by atoms with Gasteiger partial charge in [0.2, 0.25) is 0 Å². The Morgan fingerprint density at radius 2 is 2.05 bits per heavy atom. The number of amides is 1. The number of nitrogens with zero attached hydrogens (tertiary/aromatic N) is 3. The lowest BCUT2D eigenvalue weighted by atomic mass is 10.2. The molecule has 2 heterocycles. The first kappa shape index (κ1) is 14.7. The van der Waals surface area contributed by atoms with Crippen LogP contribution in [0.4, 0.5) is 10.2 Å². The first-order chi connectivity index (χ1) is 9.65. The van der Waals surface area contributed by atoms with E-state index in [0.29, 0.717) is 31.0 Å². The predicted molar refractivity (Wildman–Crippen MR) is 76.4 cm³/mol. The van der Waals surface area contributed by atoms with Gasteiger partial charge in [0.25, 0.3) is 5.91 Å². The summed E-state index contributed by atoms with van der Waals surface area (Å²) in [5.74, 6) is -0.178. The average Bonchev–Trinajstić information content (AvgIpc) is 2.48. The summed E-state index contributed by atoms with van der Waals surface area (Å²) >= 11 is 0. The Balaban J connectivity index is 2.14. The quantitative estimate of drug-likeness (QED) is 0.906. The maximum atomic E-state index is 13.4. The first-order valence-corrected chi connectivity index (χ1v) is 7.06. The van der Waals surface area contributed by atoms with Crippen LogP contribution in [0.15, 0.2) is 12.3 Å². The second-order valence-electron chi connectivity index (χ2n) is 4.81. The molecule has 0 aromatic carbocycles. The summed E-state index contributed by atoms with van der Waals surface area (Å²) in [4.78, 5) is 20.5. The fourth-order valence-corrected chi connectivity index (χ4v) is 2.35. The topological polar surface area (TPSA) is 48.5 Å². The summed E-state index contributed by atoms with van der Waals surface area (Å²) in [5.41, 5.74) is 0.316. The van der Waals surface area contributed by atoms with Crippen molar-refractivity contribution >= 4 is 11.7 Å². The van der Waals surface area contributed by atoms with Crippen LogP contribution in [0.1, 0.15) is 24.2 Å². The van der Waals surface area contributed by atoms with E-state index in [4.69, 9.17) is 0 Å². The van der Waals surface area contributed by atoms with E-state index in [1.54, 1.807) is 4.90 Å². The number of rotatable bonds is 4. The van der Waals surface area contributed by atoms with Gasteiger partial charge < -0.3 is 15.1 Å². The number of hydrogen-bond acceptors (Lipinski definition) is 4. The molecule has 1 fully saturated rings. The first-order valence-electron chi connectivity index (χ1n) is 7.06. The summed E-state index contributed by atoms with van der Waals surface area (Å²) in [7, 11) is 0. The van der Waals surface area contributed by atoms with Crippen LogP contribution in [0.2, 0.25) is 0 Å². The molecule has 1 aromatic rings. The van der Waals surface area contributed by atoms with Crippen molar-refractivity contribution in [3.8, 4) is 0 Å². The molecule has 0 radical (unpaired) electrons. The molecule has 0 saturated carbocycles. The maximum Gasteiger partial charge on any atom is 0.257 e. The van der Waals surface area contributed by atoms with Gasteiger partial charge in [0.15, 0.2) is 0 Å². The van der Waals surface area contributed by atoms with E-state index < -0.39 is 5.82 Å². The third kappa shape index (κ3) is 3.25. The number of piperazine rings is 1. The van der Waals surface area contributed by atoms with E-state index in [0.717, 1.165) is 25.8 Å². The van der Waals surface area contributed by atoms with Crippen molar-refractivity contribution in [1.82, 2.24) is 14.8 Å². The molecule has 0 atom stereocenters. The van der Waals surface area contributed by atoms with Gasteiger partial charge in [0.1, 0.15) is 11.6 Å². The SMILES string of the molecule is CCNc1ncc(F)cc1C(=O)N1CCN(CC)CC1. The summed E-state index contributed by atoms with van der Waals surface area (Å²) in [6.07, 6.45) is 1.13. The number of nitrogens with one attached hydrogen (secondary N) is 1. The van der Waals surface area contributed by atoms with E-state index in [-0.39, 0.29) is 5.91 Å². The lowest BCUT2D eigenvalue weighted by molar-refractivity contribution is 0.0643. The van der Waals surface area contributed by atoms with Crippen LogP contribution in [0, 0.1) is 5.82 Å². The highest BCUT2D eigenvalue weighted by Crippen LogP contribution is 2.17. The average molecular weight is 280 g/mol. The van der Waals surface area contributed by atoms with Gasteiger partial charge in [0.05, 0.1) is 11.8 Å². The standard InChI is InChI=1S/C14H21FN4O/c1-3-16-13-12(9-11(15)10-17-13)14(20)19-7-5-18(4-2)6-8-19/h9-10H,3-8H2,1-2H3,(H,16,17). The molecular weight excluding hydrogens is 259 g/mol. The number of anilines is 1. The Morgan fingerprint density at radius 3 is 2.65 bits per heavy atom. The Kier molecular flexibility index (Phi) is 4.89. The number of aromatic nitrogens is 1. The third-order valence-corrected chi connectivity index (χ3v) is 3.54. The van der Waals surface area contributed by atoms with Gasteiger partial charge >= 0.3 is 0 Å². The summed E-state index contributed by atoms with van der Waals surface area (Å²) in [5, 5.41) is 3.01. The van der Waals surface area contributed by atoms with Crippen molar-refractivity contribution in [3.05, 3.63) is 23.6 Å². The monoisotopic (exact) mass is 280 g/mol. The normalized spacial score (nSPS) is 16.2. The molecule has 5 nitrogen and oxygen atoms in total. The lowest BCUT2D eigenvalue weighted by Gasteiger charge is -2.34. The number of likely N-dealkylation sites (N-methyl/N-ethyl adjacent to an activating group) is 1. The molecule has 1 aromatic heterocycles. The molecule has 1 saturated heterocycles.